The van der Waals surface area contributed by atoms with Crippen LogP contribution in [0.4, 0.5) is 0 Å². The molecule has 1 aromatic heterocycles. The Kier molecular flexibility index (Phi) is 8.13. The molecule has 0 bridgehead atoms. The Morgan fingerprint density at radius 1 is 1.00 bits per heavy atom. The van der Waals surface area contributed by atoms with E-state index in [0.29, 0.717) is 49.8 Å². The molecule has 5 rings (SSSR count). The van der Waals surface area contributed by atoms with Crippen molar-refractivity contribution in [3.63, 3.8) is 0 Å². The lowest BCUT2D eigenvalue weighted by molar-refractivity contribution is -0.138. The molecular formula is C29H34N4O4. The molecule has 2 aliphatic rings. The number of benzene rings is 2. The first-order valence-corrected chi connectivity index (χ1v) is 13.3. The topological polar surface area (TPSA) is 97.6 Å². The molecule has 1 aliphatic heterocycles. The van der Waals surface area contributed by atoms with Crippen LogP contribution in [-0.2, 0) is 16.0 Å². The molecule has 2 fully saturated rings. The van der Waals surface area contributed by atoms with Crippen molar-refractivity contribution in [3.05, 3.63) is 77.9 Å². The fourth-order valence-corrected chi connectivity index (χ4v) is 5.45. The lowest BCUT2D eigenvalue weighted by Crippen LogP contribution is -2.48. The number of hydrogen-bond acceptors (Lipinski definition) is 6. The van der Waals surface area contributed by atoms with E-state index < -0.39 is 0 Å². The van der Waals surface area contributed by atoms with E-state index in [2.05, 4.69) is 15.5 Å². The third-order valence-corrected chi connectivity index (χ3v) is 7.36. The molecule has 194 valence electrons. The van der Waals surface area contributed by atoms with Crippen molar-refractivity contribution in [1.29, 1.82) is 0 Å². The molecule has 0 radical (unpaired) electrons. The molecule has 1 saturated carbocycles. The summed E-state index contributed by atoms with van der Waals surface area (Å²) >= 11 is 0. The van der Waals surface area contributed by atoms with E-state index in [1.807, 2.05) is 65.6 Å². The number of nitrogens with one attached hydrogen (secondary N) is 1. The predicted octanol–water partition coefficient (Wildman–Crippen LogP) is 4.12. The normalized spacial score (nSPS) is 22.5. The molecule has 37 heavy (non-hydrogen) atoms. The van der Waals surface area contributed by atoms with Gasteiger partial charge in [-0.2, -0.15) is 4.98 Å². The minimum Gasteiger partial charge on any atom is -0.484 e. The zero-order valence-corrected chi connectivity index (χ0v) is 21.1. The quantitative estimate of drug-likeness (QED) is 0.545. The molecule has 8 nitrogen and oxygen atoms in total. The second kappa shape index (κ2) is 12.0. The molecule has 0 spiro atoms. The second-order valence-electron chi connectivity index (χ2n) is 9.95. The minimum atomic E-state index is -0.326. The molecule has 1 N–H and O–H groups in total. The van der Waals surface area contributed by atoms with Crippen molar-refractivity contribution >= 4 is 11.8 Å². The molecular weight excluding hydrogens is 468 g/mol. The van der Waals surface area contributed by atoms with Crippen LogP contribution in [0.15, 0.2) is 65.2 Å². The Labute approximate surface area is 217 Å². The van der Waals surface area contributed by atoms with E-state index in [1.54, 1.807) is 0 Å². The van der Waals surface area contributed by atoms with Crippen LogP contribution in [-0.4, -0.2) is 52.6 Å². The zero-order valence-electron chi connectivity index (χ0n) is 21.1. The van der Waals surface area contributed by atoms with E-state index in [-0.39, 0.29) is 36.3 Å². The van der Waals surface area contributed by atoms with Crippen LogP contribution in [0, 0.1) is 5.92 Å². The van der Waals surface area contributed by atoms with Crippen molar-refractivity contribution in [2.45, 2.75) is 56.9 Å². The summed E-state index contributed by atoms with van der Waals surface area (Å²) in [5, 5.41) is 7.31. The van der Waals surface area contributed by atoms with Gasteiger partial charge in [-0.05, 0) is 43.4 Å². The lowest BCUT2D eigenvalue weighted by Gasteiger charge is -2.32. The van der Waals surface area contributed by atoms with Gasteiger partial charge in [-0.15, -0.1) is 0 Å². The summed E-state index contributed by atoms with van der Waals surface area (Å²) in [7, 11) is 0. The average Bonchev–Trinajstić information content (AvgIpc) is 3.57. The number of para-hydroxylation sites is 1. The van der Waals surface area contributed by atoms with Crippen molar-refractivity contribution in [1.82, 2.24) is 20.4 Å². The molecule has 1 saturated heterocycles. The van der Waals surface area contributed by atoms with Gasteiger partial charge in [-0.25, -0.2) is 0 Å². The van der Waals surface area contributed by atoms with Crippen LogP contribution in [0.2, 0.25) is 0 Å². The highest BCUT2D eigenvalue weighted by molar-refractivity contribution is 5.83. The van der Waals surface area contributed by atoms with E-state index in [4.69, 9.17) is 9.26 Å². The number of ether oxygens (including phenoxy) is 1. The van der Waals surface area contributed by atoms with Crippen LogP contribution in [0.3, 0.4) is 0 Å². The van der Waals surface area contributed by atoms with Crippen LogP contribution in [0.1, 0.15) is 61.7 Å². The fraction of sp³-hybridized carbons (Fsp3) is 0.448. The first kappa shape index (κ1) is 25.0. The number of fused-ring (bicyclic) bond motifs is 1. The molecule has 8 heteroatoms. The molecule has 2 amide bonds. The maximum absolute atomic E-state index is 13.4. The standard InChI is InChI=1S/C29H34N4O4/c34-27(20-36-23-13-7-4-8-14-23)33-16-10-2-1-9-15-30-28(35)24-18-22(19-25(24)33)29-31-26(32-37-29)17-21-11-5-3-6-12-21/h3-8,11-14,22,24-25H,1-2,9-10,15-20H2,(H,30,35)/t22-,24-,25+/m1/s1. The highest BCUT2D eigenvalue weighted by atomic mass is 16.5. The van der Waals surface area contributed by atoms with E-state index in [9.17, 15) is 9.59 Å². The maximum atomic E-state index is 13.4. The molecule has 0 unspecified atom stereocenters. The van der Waals surface area contributed by atoms with Crippen LogP contribution in [0.25, 0.3) is 0 Å². The van der Waals surface area contributed by atoms with Gasteiger partial charge in [0, 0.05) is 31.5 Å². The first-order valence-electron chi connectivity index (χ1n) is 13.3. The summed E-state index contributed by atoms with van der Waals surface area (Å²) in [6.07, 6.45) is 5.69. The Bertz CT molecular complexity index is 1170. The molecule has 2 heterocycles. The highest BCUT2D eigenvalue weighted by Crippen LogP contribution is 2.41. The number of nitrogens with zero attached hydrogens (tertiary/aromatic N) is 3. The van der Waals surface area contributed by atoms with Crippen LogP contribution >= 0.6 is 0 Å². The summed E-state index contributed by atoms with van der Waals surface area (Å²) < 4.78 is 11.5. The largest absolute Gasteiger partial charge is 0.484 e. The van der Waals surface area contributed by atoms with Crippen molar-refractivity contribution in [2.24, 2.45) is 5.92 Å². The number of amides is 2. The van der Waals surface area contributed by atoms with Gasteiger partial charge in [-0.1, -0.05) is 66.5 Å². The van der Waals surface area contributed by atoms with Crippen molar-refractivity contribution in [2.75, 3.05) is 19.7 Å². The van der Waals surface area contributed by atoms with E-state index in [1.165, 1.54) is 0 Å². The molecule has 3 aromatic rings. The molecule has 2 aromatic carbocycles. The van der Waals surface area contributed by atoms with Gasteiger partial charge in [0.15, 0.2) is 12.4 Å². The van der Waals surface area contributed by atoms with Gasteiger partial charge in [0.1, 0.15) is 5.75 Å². The third kappa shape index (κ3) is 6.37. The highest BCUT2D eigenvalue weighted by Gasteiger charge is 2.45. The van der Waals surface area contributed by atoms with Gasteiger partial charge in [0.05, 0.1) is 5.92 Å². The van der Waals surface area contributed by atoms with Crippen LogP contribution in [0.5, 0.6) is 5.75 Å². The molecule has 3 atom stereocenters. The summed E-state index contributed by atoms with van der Waals surface area (Å²) in [4.78, 5) is 33.2. The van der Waals surface area contributed by atoms with E-state index in [0.717, 1.165) is 31.2 Å². The number of carbonyl (C=O) groups excluding carboxylic acids is 2. The third-order valence-electron chi connectivity index (χ3n) is 7.36. The van der Waals surface area contributed by atoms with E-state index >= 15 is 0 Å². The molecule has 1 aliphatic carbocycles. The zero-order chi connectivity index (χ0) is 25.5. The van der Waals surface area contributed by atoms with Crippen molar-refractivity contribution in [3.8, 4) is 5.75 Å². The van der Waals surface area contributed by atoms with Gasteiger partial charge >= 0.3 is 0 Å². The summed E-state index contributed by atoms with van der Waals surface area (Å²) in [6, 6.07) is 19.1. The summed E-state index contributed by atoms with van der Waals surface area (Å²) in [6.45, 7) is 1.22. The Hall–Kier alpha value is -3.68. The number of rotatable bonds is 6. The Balaban J connectivity index is 1.33. The number of hydrogen-bond donors (Lipinski definition) is 1. The Morgan fingerprint density at radius 3 is 2.57 bits per heavy atom. The van der Waals surface area contributed by atoms with Gasteiger partial charge < -0.3 is 19.5 Å². The van der Waals surface area contributed by atoms with Crippen molar-refractivity contribution < 1.29 is 18.8 Å². The first-order chi connectivity index (χ1) is 18.2. The monoisotopic (exact) mass is 502 g/mol. The average molecular weight is 503 g/mol. The minimum absolute atomic E-state index is 0.000187. The fourth-order valence-electron chi connectivity index (χ4n) is 5.45. The predicted molar refractivity (Wildman–Crippen MR) is 138 cm³/mol. The lowest BCUT2D eigenvalue weighted by atomic mass is 10.00. The maximum Gasteiger partial charge on any atom is 0.260 e. The van der Waals surface area contributed by atoms with Gasteiger partial charge in [0.25, 0.3) is 5.91 Å². The summed E-state index contributed by atoms with van der Waals surface area (Å²) in [5.74, 6) is 1.33. The van der Waals surface area contributed by atoms with Gasteiger partial charge in [-0.3, -0.25) is 9.59 Å². The smallest absolute Gasteiger partial charge is 0.260 e. The van der Waals surface area contributed by atoms with Gasteiger partial charge in [0.2, 0.25) is 11.8 Å². The SMILES string of the molecule is O=C1NCCCCCCN(C(=O)COc2ccccc2)[C@H]2C[C@H](c3nc(Cc4ccccc4)no3)C[C@@H]12. The summed E-state index contributed by atoms with van der Waals surface area (Å²) in [5.41, 5.74) is 1.11. The second-order valence-corrected chi connectivity index (χ2v) is 9.95. The number of carbonyl (C=O) groups is 2. The van der Waals surface area contributed by atoms with Crippen LogP contribution < -0.4 is 10.1 Å². The number of aromatic nitrogens is 2. The Morgan fingerprint density at radius 2 is 1.76 bits per heavy atom.